The maximum atomic E-state index is 4.30. The van der Waals surface area contributed by atoms with Gasteiger partial charge in [0.05, 0.1) is 0 Å². The van der Waals surface area contributed by atoms with Gasteiger partial charge in [-0.3, -0.25) is 0 Å². The van der Waals surface area contributed by atoms with Crippen molar-refractivity contribution in [3.05, 3.63) is 237 Å². The van der Waals surface area contributed by atoms with Crippen molar-refractivity contribution in [1.82, 2.24) is 0 Å². The van der Waals surface area contributed by atoms with Gasteiger partial charge in [-0.05, 0) is 186 Å². The summed E-state index contributed by atoms with van der Waals surface area (Å²) >= 11 is 0. The van der Waals surface area contributed by atoms with Crippen LogP contribution in [0.25, 0.3) is 0 Å². The SMILES string of the molecule is C=CCc1cc(P(c2cc(CC=C)c(CC=C)c(CC=C)c2CC=C)c2cc(CC=C)c(CC=C)c(CC=C)c2CC=C)c(CC=C)c(CC=C)c1CC=C. The Bertz CT molecular complexity index is 1740. The predicted molar refractivity (Wildman–Crippen MR) is 252 cm³/mol. The van der Waals surface area contributed by atoms with Crippen molar-refractivity contribution < 1.29 is 0 Å². The Morgan fingerprint density at radius 1 is 0.255 bits per heavy atom. The lowest BCUT2D eigenvalue weighted by molar-refractivity contribution is 1.05. The second-order valence-corrected chi connectivity index (χ2v) is 15.8. The fourth-order valence-electron chi connectivity index (χ4n) is 8.09. The van der Waals surface area contributed by atoms with E-state index < -0.39 is 7.92 Å². The molecule has 3 aromatic carbocycles. The second-order valence-electron chi connectivity index (χ2n) is 13.7. The zero-order chi connectivity index (χ0) is 40.3. The van der Waals surface area contributed by atoms with Gasteiger partial charge in [0.25, 0.3) is 0 Å². The molecule has 0 amide bonds. The summed E-state index contributed by atoms with van der Waals surface area (Å²) in [7, 11) is -1.20. The van der Waals surface area contributed by atoms with Gasteiger partial charge >= 0.3 is 0 Å². The fraction of sp³-hybridized carbons (Fsp3) is 0.222. The van der Waals surface area contributed by atoms with Crippen LogP contribution in [0, 0.1) is 0 Å². The van der Waals surface area contributed by atoms with Gasteiger partial charge in [0.1, 0.15) is 0 Å². The minimum Gasteiger partial charge on any atom is -0.103 e. The molecule has 0 aliphatic carbocycles. The first kappa shape index (κ1) is 44.4. The predicted octanol–water partition coefficient (Wildman–Crippen LogP) is 12.2. The van der Waals surface area contributed by atoms with Crippen molar-refractivity contribution in [1.29, 1.82) is 0 Å². The second kappa shape index (κ2) is 23.0. The zero-order valence-corrected chi connectivity index (χ0v) is 34.5. The topological polar surface area (TPSA) is 0 Å². The monoisotopic (exact) mass is 742 g/mol. The van der Waals surface area contributed by atoms with E-state index in [0.717, 1.165) is 77.0 Å². The Morgan fingerprint density at radius 2 is 0.436 bits per heavy atom. The number of benzene rings is 3. The van der Waals surface area contributed by atoms with Gasteiger partial charge in [-0.1, -0.05) is 72.9 Å². The van der Waals surface area contributed by atoms with Crippen molar-refractivity contribution in [2.75, 3.05) is 0 Å². The van der Waals surface area contributed by atoms with Crippen LogP contribution in [0.15, 0.2) is 170 Å². The molecule has 0 nitrogen and oxygen atoms in total. The van der Waals surface area contributed by atoms with Gasteiger partial charge in [-0.25, -0.2) is 0 Å². The molecule has 0 saturated carbocycles. The summed E-state index contributed by atoms with van der Waals surface area (Å²) in [4.78, 5) is 0. The average Bonchev–Trinajstić information content (AvgIpc) is 3.16. The lowest BCUT2D eigenvalue weighted by Crippen LogP contribution is -2.32. The minimum absolute atomic E-state index is 0.727. The van der Waals surface area contributed by atoms with E-state index in [2.05, 4.69) is 115 Å². The number of allylic oxidation sites excluding steroid dienone is 12. The van der Waals surface area contributed by atoms with Crippen molar-refractivity contribution >= 4 is 23.8 Å². The zero-order valence-electron chi connectivity index (χ0n) is 33.6. The Balaban J connectivity index is 2.94. The molecule has 0 heterocycles. The highest BCUT2D eigenvalue weighted by molar-refractivity contribution is 7.80. The molecule has 284 valence electrons. The minimum atomic E-state index is -1.20. The summed E-state index contributed by atoms with van der Waals surface area (Å²) in [6.07, 6.45) is 33.4. The van der Waals surface area contributed by atoms with Gasteiger partial charge in [0.15, 0.2) is 0 Å². The first-order chi connectivity index (χ1) is 26.8. The van der Waals surface area contributed by atoms with E-state index in [1.165, 1.54) is 82.7 Å². The molecule has 0 bridgehead atoms. The van der Waals surface area contributed by atoms with E-state index >= 15 is 0 Å². The van der Waals surface area contributed by atoms with Crippen molar-refractivity contribution in [3.63, 3.8) is 0 Å². The van der Waals surface area contributed by atoms with Crippen LogP contribution in [-0.4, -0.2) is 0 Å². The Labute approximate surface area is 336 Å². The van der Waals surface area contributed by atoms with E-state index in [1.54, 1.807) is 0 Å². The smallest absolute Gasteiger partial charge is 0.00906 e. The fourth-order valence-corrected chi connectivity index (χ4v) is 11.2. The van der Waals surface area contributed by atoms with Crippen LogP contribution in [0.3, 0.4) is 0 Å². The van der Waals surface area contributed by atoms with Gasteiger partial charge in [0, 0.05) is 0 Å². The van der Waals surface area contributed by atoms with Crippen LogP contribution in [-0.2, 0) is 77.0 Å². The number of hydrogen-bond acceptors (Lipinski definition) is 0. The van der Waals surface area contributed by atoms with Crippen LogP contribution in [0.4, 0.5) is 0 Å². The highest BCUT2D eigenvalue weighted by Gasteiger charge is 2.31. The first-order valence-corrected chi connectivity index (χ1v) is 20.8. The Kier molecular flexibility index (Phi) is 18.6. The molecule has 0 saturated heterocycles. The maximum absolute atomic E-state index is 4.30. The molecule has 0 aliphatic rings. The van der Waals surface area contributed by atoms with Crippen LogP contribution in [0.1, 0.15) is 66.8 Å². The third kappa shape index (κ3) is 10.2. The van der Waals surface area contributed by atoms with Gasteiger partial charge < -0.3 is 0 Å². The normalized spacial score (nSPS) is 10.6. The quantitative estimate of drug-likeness (QED) is 0.0539. The molecule has 0 aromatic heterocycles. The van der Waals surface area contributed by atoms with E-state index in [4.69, 9.17) is 0 Å². The van der Waals surface area contributed by atoms with E-state index in [0.29, 0.717) is 0 Å². The summed E-state index contributed by atoms with van der Waals surface area (Å²) in [6.45, 7) is 50.8. The largest absolute Gasteiger partial charge is 0.103 e. The molecule has 0 fully saturated rings. The third-order valence-electron chi connectivity index (χ3n) is 10.2. The number of rotatable bonds is 27. The van der Waals surface area contributed by atoms with Crippen LogP contribution in [0.5, 0.6) is 0 Å². The van der Waals surface area contributed by atoms with E-state index in [9.17, 15) is 0 Å². The lowest BCUT2D eigenvalue weighted by atomic mass is 9.88. The van der Waals surface area contributed by atoms with E-state index in [1.807, 2.05) is 54.7 Å². The third-order valence-corrected chi connectivity index (χ3v) is 12.8. The molecule has 55 heavy (non-hydrogen) atoms. The Hall–Kier alpha value is -5.03. The highest BCUT2D eigenvalue weighted by atomic mass is 31.1. The number of hydrogen-bond donors (Lipinski definition) is 0. The average molecular weight is 743 g/mol. The summed E-state index contributed by atoms with van der Waals surface area (Å²) < 4.78 is 0. The molecule has 3 aromatic rings. The molecule has 3 rings (SSSR count). The van der Waals surface area contributed by atoms with Crippen LogP contribution >= 0.6 is 7.92 Å². The molecule has 1 heteroatoms. The molecule has 0 aliphatic heterocycles. The molecule has 0 radical (unpaired) electrons. The van der Waals surface area contributed by atoms with Crippen LogP contribution < -0.4 is 15.9 Å². The highest BCUT2D eigenvalue weighted by Crippen LogP contribution is 2.43. The molecule has 0 spiro atoms. The van der Waals surface area contributed by atoms with Gasteiger partial charge in [0.2, 0.25) is 0 Å². The van der Waals surface area contributed by atoms with Crippen molar-refractivity contribution in [2.45, 2.75) is 77.0 Å². The molecule has 0 unspecified atom stereocenters. The molecular weight excluding hydrogens is 680 g/mol. The van der Waals surface area contributed by atoms with Crippen LogP contribution in [0.2, 0.25) is 0 Å². The summed E-state index contributed by atoms with van der Waals surface area (Å²) in [5.41, 5.74) is 15.7. The standard InChI is InChI=1S/C54H63P/c1-13-25-40-37-52(49(34-22-10)46(31-19-7)43(40)28-16-4)55(53-38-41(26-14-2)44(29-17-5)47(32-20-8)50(53)35-23-11)54-39-42(27-15-3)45(30-18-6)48(33-21-9)51(54)36-24-12/h13-24,37-39H,1-12,25-36H2. The van der Waals surface area contributed by atoms with Crippen molar-refractivity contribution in [2.24, 2.45) is 0 Å². The summed E-state index contributed by atoms with van der Waals surface area (Å²) in [5.74, 6) is 0. The van der Waals surface area contributed by atoms with Crippen molar-refractivity contribution in [3.8, 4) is 0 Å². The lowest BCUT2D eigenvalue weighted by Gasteiger charge is -2.33. The molecule has 0 atom stereocenters. The van der Waals surface area contributed by atoms with Gasteiger partial charge in [-0.2, -0.15) is 0 Å². The molecule has 0 N–H and O–H groups in total. The summed E-state index contributed by atoms with van der Waals surface area (Å²) in [6, 6.07) is 7.47. The maximum Gasteiger partial charge on any atom is -0.00906 e. The summed E-state index contributed by atoms with van der Waals surface area (Å²) in [5, 5.41) is 4.01. The van der Waals surface area contributed by atoms with Gasteiger partial charge in [-0.15, -0.1) is 78.9 Å². The first-order valence-electron chi connectivity index (χ1n) is 19.4. The molecular formula is C54H63P. The Morgan fingerprint density at radius 3 is 0.636 bits per heavy atom. The van der Waals surface area contributed by atoms with E-state index in [-0.39, 0.29) is 0 Å².